The van der Waals surface area contributed by atoms with Crippen molar-refractivity contribution >= 4 is 17.5 Å². The molecule has 0 radical (unpaired) electrons. The Bertz CT molecular complexity index is 694. The van der Waals surface area contributed by atoms with Gasteiger partial charge in [-0.1, -0.05) is 32.0 Å². The van der Waals surface area contributed by atoms with E-state index in [1.165, 1.54) is 4.90 Å². The maximum absolute atomic E-state index is 12.6. The molecule has 1 saturated heterocycles. The Morgan fingerprint density at radius 2 is 2.26 bits per heavy atom. The number of nitrogens with one attached hydrogen (secondary N) is 2. The number of nitriles is 1. The Kier molecular flexibility index (Phi) is 3.82. The highest BCUT2D eigenvalue weighted by atomic mass is 16.2. The van der Waals surface area contributed by atoms with Crippen LogP contribution >= 0.6 is 0 Å². The average molecular weight is 312 g/mol. The summed E-state index contributed by atoms with van der Waals surface area (Å²) in [6, 6.07) is 9.30. The normalized spacial score (nSPS) is 25.6. The third-order valence-corrected chi connectivity index (χ3v) is 4.61. The minimum Gasteiger partial charge on any atom is -0.325 e. The summed E-state index contributed by atoms with van der Waals surface area (Å²) in [4.78, 5) is 26.6. The van der Waals surface area contributed by atoms with Crippen LogP contribution in [0.2, 0.25) is 0 Å². The second-order valence-electron chi connectivity index (χ2n) is 6.49. The number of hydrogen-bond donors (Lipinski definition) is 2. The van der Waals surface area contributed by atoms with Crippen LogP contribution in [0.3, 0.4) is 0 Å². The minimum absolute atomic E-state index is 0.119. The highest BCUT2D eigenvalue weighted by molar-refractivity contribution is 6.07. The zero-order chi connectivity index (χ0) is 16.6. The third kappa shape index (κ3) is 2.47. The Morgan fingerprint density at radius 1 is 1.52 bits per heavy atom. The molecule has 3 rings (SSSR count). The van der Waals surface area contributed by atoms with Crippen molar-refractivity contribution in [3.63, 3.8) is 0 Å². The Morgan fingerprint density at radius 3 is 2.96 bits per heavy atom. The van der Waals surface area contributed by atoms with Crippen molar-refractivity contribution in [3.05, 3.63) is 29.8 Å². The number of para-hydroxylation sites is 1. The van der Waals surface area contributed by atoms with Gasteiger partial charge in [-0.15, -0.1) is 0 Å². The smallest absolute Gasteiger partial charge is 0.237 e. The number of benzene rings is 1. The van der Waals surface area contributed by atoms with Crippen molar-refractivity contribution in [1.29, 1.82) is 5.26 Å². The standard InChI is InChI=1S/C17H20N4O2/c1-11(2)19-9-15(22)21-10-17(7-12(21)8-18)13-5-3-4-6-14(13)20-16(17)23/h3-6,11-12,19H,7,9-10H2,1-2H3,(H,20,23)/t12-,17-/m0/s1. The molecular formula is C17H20N4O2. The first kappa shape index (κ1) is 15.5. The van der Waals surface area contributed by atoms with Crippen LogP contribution < -0.4 is 10.6 Å². The molecule has 6 heteroatoms. The van der Waals surface area contributed by atoms with E-state index >= 15 is 0 Å². The van der Waals surface area contributed by atoms with E-state index in [-0.39, 0.29) is 30.9 Å². The number of amides is 2. The average Bonchev–Trinajstić information content (AvgIpc) is 3.05. The monoisotopic (exact) mass is 312 g/mol. The fraction of sp³-hybridized carbons (Fsp3) is 0.471. The van der Waals surface area contributed by atoms with Crippen LogP contribution in [-0.4, -0.2) is 41.9 Å². The second-order valence-corrected chi connectivity index (χ2v) is 6.49. The SMILES string of the molecule is CC(C)NCC(=O)N1C[C@]2(C[C@H]1C#N)C(=O)Nc1ccccc12. The van der Waals surface area contributed by atoms with E-state index in [1.54, 1.807) is 0 Å². The molecule has 1 aromatic carbocycles. The zero-order valence-electron chi connectivity index (χ0n) is 13.3. The molecule has 0 unspecified atom stereocenters. The molecule has 2 aliphatic rings. The fourth-order valence-electron chi connectivity index (χ4n) is 3.41. The number of carbonyl (C=O) groups is 2. The lowest BCUT2D eigenvalue weighted by Gasteiger charge is -2.23. The molecular weight excluding hydrogens is 292 g/mol. The molecule has 2 aliphatic heterocycles. The van der Waals surface area contributed by atoms with Crippen molar-refractivity contribution in [1.82, 2.24) is 10.2 Å². The molecule has 120 valence electrons. The van der Waals surface area contributed by atoms with Gasteiger partial charge in [-0.2, -0.15) is 5.26 Å². The van der Waals surface area contributed by atoms with Crippen molar-refractivity contribution in [3.8, 4) is 6.07 Å². The lowest BCUT2D eigenvalue weighted by molar-refractivity contribution is -0.130. The quantitative estimate of drug-likeness (QED) is 0.872. The molecule has 1 spiro atoms. The number of rotatable bonds is 3. The molecule has 6 nitrogen and oxygen atoms in total. The highest BCUT2D eigenvalue weighted by Gasteiger charge is 2.55. The Labute approximate surface area is 135 Å². The molecule has 0 aromatic heterocycles. The number of nitrogens with zero attached hydrogens (tertiary/aromatic N) is 2. The van der Waals surface area contributed by atoms with Gasteiger partial charge in [-0.25, -0.2) is 0 Å². The summed E-state index contributed by atoms with van der Waals surface area (Å²) < 4.78 is 0. The summed E-state index contributed by atoms with van der Waals surface area (Å²) in [6.45, 7) is 4.35. The topological polar surface area (TPSA) is 85.2 Å². The lowest BCUT2D eigenvalue weighted by atomic mass is 9.80. The molecule has 23 heavy (non-hydrogen) atoms. The summed E-state index contributed by atoms with van der Waals surface area (Å²) in [7, 11) is 0. The maximum Gasteiger partial charge on any atom is 0.237 e. The van der Waals surface area contributed by atoms with Gasteiger partial charge in [-0.3, -0.25) is 9.59 Å². The second kappa shape index (κ2) is 5.67. The summed E-state index contributed by atoms with van der Waals surface area (Å²) in [6.07, 6.45) is 0.347. The van der Waals surface area contributed by atoms with E-state index < -0.39 is 11.5 Å². The number of anilines is 1. The van der Waals surface area contributed by atoms with Gasteiger partial charge in [0.2, 0.25) is 11.8 Å². The van der Waals surface area contributed by atoms with Crippen LogP contribution in [-0.2, 0) is 15.0 Å². The highest BCUT2D eigenvalue weighted by Crippen LogP contribution is 2.46. The van der Waals surface area contributed by atoms with Gasteiger partial charge in [0.05, 0.1) is 18.0 Å². The first-order valence-electron chi connectivity index (χ1n) is 7.81. The molecule has 2 amide bonds. The third-order valence-electron chi connectivity index (χ3n) is 4.61. The number of likely N-dealkylation sites (tertiary alicyclic amines) is 1. The Balaban J connectivity index is 1.89. The Hall–Kier alpha value is -2.39. The zero-order valence-corrected chi connectivity index (χ0v) is 13.3. The van der Waals surface area contributed by atoms with Crippen LogP contribution in [0.1, 0.15) is 25.8 Å². The van der Waals surface area contributed by atoms with Crippen LogP contribution in [0.15, 0.2) is 24.3 Å². The number of carbonyl (C=O) groups excluding carboxylic acids is 2. The minimum atomic E-state index is -0.801. The van der Waals surface area contributed by atoms with E-state index in [1.807, 2.05) is 38.1 Å². The fourth-order valence-corrected chi connectivity index (χ4v) is 3.41. The van der Waals surface area contributed by atoms with Gasteiger partial charge in [0.25, 0.3) is 0 Å². The largest absolute Gasteiger partial charge is 0.325 e. The van der Waals surface area contributed by atoms with Gasteiger partial charge in [0.1, 0.15) is 6.04 Å². The first-order valence-corrected chi connectivity index (χ1v) is 7.81. The number of fused-ring (bicyclic) bond motifs is 2. The summed E-state index contributed by atoms with van der Waals surface area (Å²) >= 11 is 0. The van der Waals surface area contributed by atoms with E-state index in [2.05, 4.69) is 16.7 Å². The van der Waals surface area contributed by atoms with E-state index in [0.717, 1.165) is 11.3 Å². The first-order chi connectivity index (χ1) is 11.0. The van der Waals surface area contributed by atoms with Crippen LogP contribution in [0.25, 0.3) is 0 Å². The van der Waals surface area contributed by atoms with Crippen molar-refractivity contribution in [2.45, 2.75) is 37.8 Å². The molecule has 2 heterocycles. The summed E-state index contributed by atoms with van der Waals surface area (Å²) in [5.74, 6) is -0.259. The van der Waals surface area contributed by atoms with E-state index in [0.29, 0.717) is 6.42 Å². The maximum atomic E-state index is 12.6. The molecule has 2 N–H and O–H groups in total. The van der Waals surface area contributed by atoms with Crippen molar-refractivity contribution in [2.24, 2.45) is 0 Å². The van der Waals surface area contributed by atoms with Gasteiger partial charge in [-0.05, 0) is 11.6 Å². The van der Waals surface area contributed by atoms with Gasteiger partial charge in [0, 0.05) is 24.7 Å². The molecule has 1 fully saturated rings. The summed E-state index contributed by atoms with van der Waals surface area (Å²) in [5.41, 5.74) is 0.867. The van der Waals surface area contributed by atoms with Gasteiger partial charge in [0.15, 0.2) is 0 Å². The molecule has 0 saturated carbocycles. The van der Waals surface area contributed by atoms with E-state index in [4.69, 9.17) is 0 Å². The lowest BCUT2D eigenvalue weighted by Crippen LogP contribution is -2.44. The van der Waals surface area contributed by atoms with Crippen LogP contribution in [0, 0.1) is 11.3 Å². The van der Waals surface area contributed by atoms with Crippen LogP contribution in [0.5, 0.6) is 0 Å². The molecule has 0 bridgehead atoms. The predicted octanol–water partition coefficient (Wildman–Crippen LogP) is 0.999. The van der Waals surface area contributed by atoms with Crippen LogP contribution in [0.4, 0.5) is 5.69 Å². The van der Waals surface area contributed by atoms with Crippen molar-refractivity contribution in [2.75, 3.05) is 18.4 Å². The molecule has 0 aliphatic carbocycles. The number of hydrogen-bond acceptors (Lipinski definition) is 4. The molecule has 2 atom stereocenters. The molecule has 1 aromatic rings. The predicted molar refractivity (Wildman–Crippen MR) is 85.6 cm³/mol. The van der Waals surface area contributed by atoms with E-state index in [9.17, 15) is 14.9 Å². The summed E-state index contributed by atoms with van der Waals surface area (Å²) in [5, 5.41) is 15.4. The van der Waals surface area contributed by atoms with Crippen molar-refractivity contribution < 1.29 is 9.59 Å². The van der Waals surface area contributed by atoms with Gasteiger partial charge < -0.3 is 15.5 Å². The van der Waals surface area contributed by atoms with Gasteiger partial charge >= 0.3 is 0 Å².